The lowest BCUT2D eigenvalue weighted by molar-refractivity contribution is 0.107. The van der Waals surface area contributed by atoms with Crippen LogP contribution in [0.1, 0.15) is 46.5 Å². The number of nitrogens with zero attached hydrogens (tertiary/aromatic N) is 3. The van der Waals surface area contributed by atoms with Crippen molar-refractivity contribution < 1.29 is 14.4 Å². The van der Waals surface area contributed by atoms with E-state index < -0.39 is 0 Å². The summed E-state index contributed by atoms with van der Waals surface area (Å²) in [7, 11) is 3.77. The topological polar surface area (TPSA) is 54.4 Å². The highest BCUT2D eigenvalue weighted by Crippen LogP contribution is 2.18. The van der Waals surface area contributed by atoms with Crippen LogP contribution in [0.5, 0.6) is 0 Å². The molecular formula is C17H33N3O3. The normalized spacial score (nSPS) is 21.0. The van der Waals surface area contributed by atoms with Crippen LogP contribution in [0.3, 0.4) is 0 Å². The van der Waals surface area contributed by atoms with Crippen molar-refractivity contribution in [1.82, 2.24) is 9.80 Å². The zero-order chi connectivity index (χ0) is 17.2. The number of hydrogen-bond acceptors (Lipinski definition) is 5. The molecule has 1 aliphatic heterocycles. The van der Waals surface area contributed by atoms with Gasteiger partial charge in [-0.25, -0.2) is 4.79 Å². The summed E-state index contributed by atoms with van der Waals surface area (Å²) in [6.07, 6.45) is 4.07. The van der Waals surface area contributed by atoms with E-state index in [0.717, 1.165) is 51.0 Å². The average Bonchev–Trinajstić information content (AvgIpc) is 2.78. The highest BCUT2D eigenvalue weighted by Gasteiger charge is 2.23. The van der Waals surface area contributed by atoms with E-state index in [9.17, 15) is 4.79 Å². The minimum atomic E-state index is -0.171. The summed E-state index contributed by atoms with van der Waals surface area (Å²) in [4.78, 5) is 21.0. The number of carbonyl (C=O) groups excluding carboxylic acids is 1. The number of amides is 1. The summed E-state index contributed by atoms with van der Waals surface area (Å²) in [5, 5.41) is 4.02. The van der Waals surface area contributed by atoms with Gasteiger partial charge < -0.3 is 19.4 Å². The van der Waals surface area contributed by atoms with Crippen molar-refractivity contribution in [2.75, 3.05) is 40.4 Å². The lowest BCUT2D eigenvalue weighted by atomic mass is 10.0. The predicted octanol–water partition coefficient (Wildman–Crippen LogP) is 2.98. The first-order valence-electron chi connectivity index (χ1n) is 8.69. The Kier molecular flexibility index (Phi) is 8.99. The van der Waals surface area contributed by atoms with Crippen LogP contribution in [-0.4, -0.2) is 68.0 Å². The number of carbonyl (C=O) groups is 1. The summed E-state index contributed by atoms with van der Waals surface area (Å²) < 4.78 is 5.11. The molecule has 1 saturated heterocycles. The Labute approximate surface area is 140 Å². The molecule has 1 rings (SSSR count). The van der Waals surface area contributed by atoms with Gasteiger partial charge in [-0.3, -0.25) is 0 Å². The van der Waals surface area contributed by atoms with Crippen molar-refractivity contribution in [3.05, 3.63) is 0 Å². The van der Waals surface area contributed by atoms with Crippen molar-refractivity contribution in [2.24, 2.45) is 11.1 Å². The summed E-state index contributed by atoms with van der Waals surface area (Å²) in [6, 6.07) is 0.529. The molecule has 23 heavy (non-hydrogen) atoms. The van der Waals surface area contributed by atoms with Gasteiger partial charge >= 0.3 is 6.09 Å². The molecule has 0 radical (unpaired) electrons. The molecule has 0 aromatic rings. The van der Waals surface area contributed by atoms with E-state index in [1.165, 1.54) is 0 Å². The molecule has 2 atom stereocenters. The number of likely N-dealkylation sites (tertiary alicyclic amines) is 1. The Morgan fingerprint density at radius 2 is 2.13 bits per heavy atom. The molecule has 0 N–H and O–H groups in total. The molecule has 1 aliphatic rings. The zero-order valence-electron chi connectivity index (χ0n) is 15.4. The first-order valence-corrected chi connectivity index (χ1v) is 8.69. The van der Waals surface area contributed by atoms with Gasteiger partial charge in [0.25, 0.3) is 0 Å². The maximum atomic E-state index is 11.8. The molecule has 2 unspecified atom stereocenters. The lowest BCUT2D eigenvalue weighted by Gasteiger charge is -2.28. The van der Waals surface area contributed by atoms with E-state index in [1.807, 2.05) is 18.7 Å². The van der Waals surface area contributed by atoms with Gasteiger partial charge in [0.1, 0.15) is 7.11 Å². The van der Waals surface area contributed by atoms with Crippen molar-refractivity contribution in [3.8, 4) is 0 Å². The second kappa shape index (κ2) is 10.5. The van der Waals surface area contributed by atoms with Gasteiger partial charge in [-0.1, -0.05) is 12.1 Å². The number of hydrogen-bond donors (Lipinski definition) is 0. The molecule has 0 aromatic heterocycles. The number of rotatable bonds is 7. The van der Waals surface area contributed by atoms with Gasteiger partial charge in [-0.15, -0.1) is 0 Å². The van der Waals surface area contributed by atoms with Crippen molar-refractivity contribution in [1.29, 1.82) is 0 Å². The summed E-state index contributed by atoms with van der Waals surface area (Å²) in [5.41, 5.74) is 1.04. The van der Waals surface area contributed by atoms with Crippen LogP contribution in [0.15, 0.2) is 5.16 Å². The fraction of sp³-hybridized carbons (Fsp3) is 0.882. The molecule has 0 spiro atoms. The minimum absolute atomic E-state index is 0.171. The molecule has 134 valence electrons. The average molecular weight is 327 g/mol. The summed E-state index contributed by atoms with van der Waals surface area (Å²) >= 11 is 0. The highest BCUT2D eigenvalue weighted by atomic mass is 16.6. The van der Waals surface area contributed by atoms with Gasteiger partial charge in [0.15, 0.2) is 0 Å². The Bertz CT molecular complexity index is 387. The van der Waals surface area contributed by atoms with E-state index in [-0.39, 0.29) is 6.09 Å². The largest absolute Gasteiger partial charge is 0.450 e. The fourth-order valence-corrected chi connectivity index (χ4v) is 2.94. The van der Waals surface area contributed by atoms with Gasteiger partial charge in [0.2, 0.25) is 0 Å². The fourth-order valence-electron chi connectivity index (χ4n) is 2.94. The van der Waals surface area contributed by atoms with E-state index in [1.54, 1.807) is 7.11 Å². The third kappa shape index (κ3) is 6.77. The van der Waals surface area contributed by atoms with Crippen LogP contribution < -0.4 is 0 Å². The molecule has 0 saturated carbocycles. The molecule has 0 aromatic carbocycles. The van der Waals surface area contributed by atoms with Gasteiger partial charge in [-0.2, -0.15) is 0 Å². The van der Waals surface area contributed by atoms with Crippen LogP contribution >= 0.6 is 0 Å². The van der Waals surface area contributed by atoms with E-state index in [0.29, 0.717) is 18.6 Å². The Balaban J connectivity index is 2.41. The third-order valence-electron chi connectivity index (χ3n) is 4.71. The SMILES string of the molecule is CCOC(=O)N1CCCC(N(C)CCC(C)/C(C)=N/OC)CC1. The predicted molar refractivity (Wildman–Crippen MR) is 92.8 cm³/mol. The van der Waals surface area contributed by atoms with Crippen LogP contribution in [-0.2, 0) is 9.57 Å². The second-order valence-corrected chi connectivity index (χ2v) is 6.36. The van der Waals surface area contributed by atoms with Crippen molar-refractivity contribution >= 4 is 11.8 Å². The maximum Gasteiger partial charge on any atom is 0.409 e. The Morgan fingerprint density at radius 1 is 1.39 bits per heavy atom. The van der Waals surface area contributed by atoms with E-state index >= 15 is 0 Å². The molecule has 1 heterocycles. The molecule has 0 bridgehead atoms. The van der Waals surface area contributed by atoms with Crippen molar-refractivity contribution in [2.45, 2.75) is 52.5 Å². The zero-order valence-corrected chi connectivity index (χ0v) is 15.4. The van der Waals surface area contributed by atoms with Gasteiger partial charge in [0, 0.05) is 19.1 Å². The second-order valence-electron chi connectivity index (χ2n) is 6.36. The van der Waals surface area contributed by atoms with Crippen LogP contribution in [0.2, 0.25) is 0 Å². The molecule has 6 heteroatoms. The number of ether oxygens (including phenoxy) is 1. The van der Waals surface area contributed by atoms with Crippen LogP contribution in [0, 0.1) is 5.92 Å². The standard InChI is InChI=1S/C17H33N3O3/c1-6-23-17(21)20-11-7-8-16(10-13-20)19(4)12-9-14(2)15(3)18-22-5/h14,16H,6-13H2,1-5H3/b18-15+. The van der Waals surface area contributed by atoms with E-state index in [4.69, 9.17) is 9.57 Å². The van der Waals surface area contributed by atoms with Crippen LogP contribution in [0.25, 0.3) is 0 Å². The summed E-state index contributed by atoms with van der Waals surface area (Å²) in [5.74, 6) is 0.416. The summed E-state index contributed by atoms with van der Waals surface area (Å²) in [6.45, 7) is 9.11. The molecule has 0 aliphatic carbocycles. The lowest BCUT2D eigenvalue weighted by Crippen LogP contribution is -2.36. The molecular weight excluding hydrogens is 294 g/mol. The minimum Gasteiger partial charge on any atom is -0.450 e. The monoisotopic (exact) mass is 327 g/mol. The molecule has 1 amide bonds. The quantitative estimate of drug-likeness (QED) is 0.533. The third-order valence-corrected chi connectivity index (χ3v) is 4.71. The van der Waals surface area contributed by atoms with Gasteiger partial charge in [-0.05, 0) is 59.0 Å². The highest BCUT2D eigenvalue weighted by molar-refractivity contribution is 5.83. The first kappa shape index (κ1) is 19.7. The molecule has 1 fully saturated rings. The molecule has 6 nitrogen and oxygen atoms in total. The first-order chi connectivity index (χ1) is 11.0. The van der Waals surface area contributed by atoms with E-state index in [2.05, 4.69) is 24.0 Å². The maximum absolute atomic E-state index is 11.8. The Hall–Kier alpha value is -1.30. The van der Waals surface area contributed by atoms with Crippen molar-refractivity contribution in [3.63, 3.8) is 0 Å². The smallest absolute Gasteiger partial charge is 0.409 e. The number of oxime groups is 1. The Morgan fingerprint density at radius 3 is 2.78 bits per heavy atom. The van der Waals surface area contributed by atoms with Gasteiger partial charge in [0.05, 0.1) is 12.3 Å². The van der Waals surface area contributed by atoms with Crippen LogP contribution in [0.4, 0.5) is 4.79 Å².